The van der Waals surface area contributed by atoms with Gasteiger partial charge in [0.2, 0.25) is 0 Å². The third-order valence-electron chi connectivity index (χ3n) is 3.90. The molecule has 134 valence electrons. The molecule has 0 radical (unpaired) electrons. The minimum absolute atomic E-state index is 0.603. The van der Waals surface area contributed by atoms with Crippen molar-refractivity contribution in [1.82, 2.24) is 5.32 Å². The van der Waals surface area contributed by atoms with Gasteiger partial charge in [0.05, 0.1) is 20.8 Å². The van der Waals surface area contributed by atoms with Gasteiger partial charge in [-0.25, -0.2) is 0 Å². The van der Waals surface area contributed by atoms with Crippen molar-refractivity contribution in [3.05, 3.63) is 65.7 Å². The molecule has 0 aliphatic carbocycles. The highest BCUT2D eigenvalue weighted by Gasteiger charge is 2.12. The summed E-state index contributed by atoms with van der Waals surface area (Å²) in [5.74, 6) is 2.46. The lowest BCUT2D eigenvalue weighted by atomic mass is 10.1. The van der Waals surface area contributed by atoms with Crippen LogP contribution in [0.25, 0.3) is 0 Å². The zero-order valence-electron chi connectivity index (χ0n) is 15.3. The van der Waals surface area contributed by atoms with E-state index in [4.69, 9.17) is 14.2 Å². The van der Waals surface area contributed by atoms with Crippen molar-refractivity contribution in [3.8, 4) is 17.2 Å². The van der Waals surface area contributed by atoms with Gasteiger partial charge in [-0.1, -0.05) is 30.3 Å². The summed E-state index contributed by atoms with van der Waals surface area (Å²) in [5, 5.41) is 3.46. The van der Waals surface area contributed by atoms with E-state index in [2.05, 4.69) is 24.0 Å². The van der Waals surface area contributed by atoms with E-state index in [0.717, 1.165) is 53.4 Å². The highest BCUT2D eigenvalue weighted by atomic mass is 16.5. The molecule has 0 aliphatic rings. The van der Waals surface area contributed by atoms with E-state index < -0.39 is 0 Å². The first-order chi connectivity index (χ1) is 12.2. The number of ether oxygens (including phenoxy) is 3. The molecule has 2 rings (SSSR count). The molecule has 0 spiro atoms. The van der Waals surface area contributed by atoms with Crippen molar-refractivity contribution in [1.29, 1.82) is 0 Å². The van der Waals surface area contributed by atoms with Gasteiger partial charge in [-0.05, 0) is 31.0 Å². The molecule has 4 nitrogen and oxygen atoms in total. The van der Waals surface area contributed by atoms with Crippen LogP contribution >= 0.6 is 0 Å². The van der Waals surface area contributed by atoms with Crippen molar-refractivity contribution < 1.29 is 14.2 Å². The molecule has 1 N–H and O–H groups in total. The van der Waals surface area contributed by atoms with Gasteiger partial charge in [0.15, 0.2) is 11.5 Å². The Kier molecular flexibility index (Phi) is 7.36. The maximum absolute atomic E-state index is 5.76. The Hall–Kier alpha value is -2.46. The summed E-state index contributed by atoms with van der Waals surface area (Å²) in [7, 11) is 3.36. The van der Waals surface area contributed by atoms with Crippen LogP contribution < -0.4 is 19.5 Å². The normalized spacial score (nSPS) is 10.4. The molecule has 2 aromatic carbocycles. The topological polar surface area (TPSA) is 39.7 Å². The average molecular weight is 341 g/mol. The van der Waals surface area contributed by atoms with Gasteiger partial charge in [-0.3, -0.25) is 0 Å². The predicted molar refractivity (Wildman–Crippen MR) is 102 cm³/mol. The fourth-order valence-electron chi connectivity index (χ4n) is 2.78. The molecule has 0 atom stereocenters. The lowest BCUT2D eigenvalue weighted by Crippen LogP contribution is -2.14. The van der Waals surface area contributed by atoms with E-state index >= 15 is 0 Å². The molecule has 0 saturated carbocycles. The second-order valence-corrected chi connectivity index (χ2v) is 5.63. The first-order valence-corrected chi connectivity index (χ1v) is 8.49. The van der Waals surface area contributed by atoms with Gasteiger partial charge >= 0.3 is 0 Å². The van der Waals surface area contributed by atoms with E-state index in [9.17, 15) is 0 Å². The van der Waals surface area contributed by atoms with E-state index in [1.165, 1.54) is 0 Å². The molecule has 0 unspecified atom stereocenters. The summed E-state index contributed by atoms with van der Waals surface area (Å²) < 4.78 is 16.7. The zero-order valence-corrected chi connectivity index (χ0v) is 15.3. The number of benzene rings is 2. The maximum Gasteiger partial charge on any atom is 0.164 e. The van der Waals surface area contributed by atoms with Crippen molar-refractivity contribution in [2.24, 2.45) is 0 Å². The third kappa shape index (κ3) is 5.00. The van der Waals surface area contributed by atoms with Crippen LogP contribution in [0.2, 0.25) is 0 Å². The summed E-state index contributed by atoms with van der Waals surface area (Å²) in [6, 6.07) is 12.2. The van der Waals surface area contributed by atoms with Gasteiger partial charge in [0.1, 0.15) is 5.75 Å². The monoisotopic (exact) mass is 341 g/mol. The third-order valence-corrected chi connectivity index (χ3v) is 3.90. The van der Waals surface area contributed by atoms with Crippen LogP contribution in [0.4, 0.5) is 0 Å². The minimum atomic E-state index is 0.603. The second kappa shape index (κ2) is 9.74. The quantitative estimate of drug-likeness (QED) is 0.660. The second-order valence-electron chi connectivity index (χ2n) is 5.63. The SMILES string of the molecule is C=CCc1cc(CNCc2ccccc2OC)cc(OC)c1OCC. The molecule has 25 heavy (non-hydrogen) atoms. The van der Waals surface area contributed by atoms with Gasteiger partial charge in [0.25, 0.3) is 0 Å². The molecule has 0 bridgehead atoms. The standard InChI is InChI=1S/C21H27NO3/c1-5-9-17-12-16(13-20(24-4)21(17)25-6-2)14-22-15-18-10-7-8-11-19(18)23-3/h5,7-8,10-13,22H,1,6,9,14-15H2,2-4H3. The number of hydrogen-bond acceptors (Lipinski definition) is 4. The number of allylic oxidation sites excluding steroid dienone is 1. The molecule has 0 saturated heterocycles. The fourth-order valence-corrected chi connectivity index (χ4v) is 2.78. The summed E-state index contributed by atoms with van der Waals surface area (Å²) in [4.78, 5) is 0. The lowest BCUT2D eigenvalue weighted by molar-refractivity contribution is 0.308. The molecule has 0 aromatic heterocycles. The number of para-hydroxylation sites is 1. The van der Waals surface area contributed by atoms with Gasteiger partial charge in [0, 0.05) is 24.2 Å². The van der Waals surface area contributed by atoms with Crippen molar-refractivity contribution in [3.63, 3.8) is 0 Å². The van der Waals surface area contributed by atoms with Gasteiger partial charge < -0.3 is 19.5 Å². The summed E-state index contributed by atoms with van der Waals surface area (Å²) >= 11 is 0. The van der Waals surface area contributed by atoms with Crippen LogP contribution in [-0.2, 0) is 19.5 Å². The zero-order chi connectivity index (χ0) is 18.1. The van der Waals surface area contributed by atoms with Crippen LogP contribution in [0.5, 0.6) is 17.2 Å². The maximum atomic E-state index is 5.76. The number of rotatable bonds is 10. The van der Waals surface area contributed by atoms with Crippen LogP contribution in [0.15, 0.2) is 49.1 Å². The number of methoxy groups -OCH3 is 2. The van der Waals surface area contributed by atoms with Gasteiger partial charge in [-0.15, -0.1) is 6.58 Å². The van der Waals surface area contributed by atoms with Crippen LogP contribution in [0, 0.1) is 0 Å². The predicted octanol–water partition coefficient (Wildman–Crippen LogP) is 4.12. The first-order valence-electron chi connectivity index (χ1n) is 8.49. The summed E-state index contributed by atoms with van der Waals surface area (Å²) in [5.41, 5.74) is 3.37. The Morgan fingerprint density at radius 2 is 1.76 bits per heavy atom. The van der Waals surface area contributed by atoms with Gasteiger partial charge in [-0.2, -0.15) is 0 Å². The molecular formula is C21H27NO3. The van der Waals surface area contributed by atoms with E-state index in [-0.39, 0.29) is 0 Å². The van der Waals surface area contributed by atoms with E-state index in [0.29, 0.717) is 6.61 Å². The molecule has 0 amide bonds. The Bertz CT molecular complexity index is 698. The van der Waals surface area contributed by atoms with Crippen molar-refractivity contribution in [2.75, 3.05) is 20.8 Å². The van der Waals surface area contributed by atoms with Crippen molar-refractivity contribution >= 4 is 0 Å². The highest BCUT2D eigenvalue weighted by Crippen LogP contribution is 2.33. The van der Waals surface area contributed by atoms with Crippen LogP contribution in [0.1, 0.15) is 23.6 Å². The molecule has 0 fully saturated rings. The molecule has 0 aliphatic heterocycles. The minimum Gasteiger partial charge on any atom is -0.496 e. The Morgan fingerprint density at radius 1 is 1.00 bits per heavy atom. The summed E-state index contributed by atoms with van der Waals surface area (Å²) in [6.07, 6.45) is 2.62. The van der Waals surface area contributed by atoms with Crippen LogP contribution in [0.3, 0.4) is 0 Å². The Labute approximate surface area is 150 Å². The molecule has 4 heteroatoms. The van der Waals surface area contributed by atoms with Crippen molar-refractivity contribution in [2.45, 2.75) is 26.4 Å². The summed E-state index contributed by atoms with van der Waals surface area (Å²) in [6.45, 7) is 7.87. The molecule has 0 heterocycles. The first kappa shape index (κ1) is 18.9. The molecule has 2 aromatic rings. The number of nitrogens with one attached hydrogen (secondary N) is 1. The number of hydrogen-bond donors (Lipinski definition) is 1. The Balaban J connectivity index is 2.13. The Morgan fingerprint density at radius 3 is 2.44 bits per heavy atom. The highest BCUT2D eigenvalue weighted by molar-refractivity contribution is 5.50. The van der Waals surface area contributed by atoms with E-state index in [1.54, 1.807) is 14.2 Å². The van der Waals surface area contributed by atoms with Crippen LogP contribution in [-0.4, -0.2) is 20.8 Å². The smallest absolute Gasteiger partial charge is 0.164 e. The lowest BCUT2D eigenvalue weighted by Gasteiger charge is -2.16. The average Bonchev–Trinajstić information content (AvgIpc) is 2.64. The fraction of sp³-hybridized carbons (Fsp3) is 0.333. The van der Waals surface area contributed by atoms with E-state index in [1.807, 2.05) is 37.3 Å². The molecular weight excluding hydrogens is 314 g/mol. The largest absolute Gasteiger partial charge is 0.496 e.